The highest BCUT2D eigenvalue weighted by Crippen LogP contribution is 2.41. The number of anilines is 1. The van der Waals surface area contributed by atoms with Crippen molar-refractivity contribution >= 4 is 22.2 Å². The van der Waals surface area contributed by atoms with Gasteiger partial charge >= 0.3 is 0 Å². The molecular weight excluding hydrogens is 342 g/mol. The van der Waals surface area contributed by atoms with Crippen molar-refractivity contribution < 1.29 is 4.79 Å². The number of carbonyl (C=O) groups excluding carboxylic acids is 1. The predicted molar refractivity (Wildman–Crippen MR) is 108 cm³/mol. The van der Waals surface area contributed by atoms with Crippen LogP contribution in [0.3, 0.4) is 0 Å². The Morgan fingerprint density at radius 3 is 2.50 bits per heavy atom. The smallest absolute Gasteiger partial charge is 0.256 e. The highest BCUT2D eigenvalue weighted by molar-refractivity contribution is 7.16. The van der Waals surface area contributed by atoms with Crippen molar-refractivity contribution in [3.8, 4) is 0 Å². The van der Waals surface area contributed by atoms with E-state index in [-0.39, 0.29) is 12.1 Å². The quantitative estimate of drug-likeness (QED) is 0.838. The van der Waals surface area contributed by atoms with E-state index in [1.807, 2.05) is 0 Å². The molecule has 0 spiro atoms. The van der Waals surface area contributed by atoms with Gasteiger partial charge in [0.25, 0.3) is 5.91 Å². The number of benzene rings is 1. The largest absolute Gasteiger partial charge is 0.353 e. The Morgan fingerprint density at radius 2 is 1.85 bits per heavy atom. The molecule has 1 aromatic carbocycles. The third kappa shape index (κ3) is 3.03. The van der Waals surface area contributed by atoms with Gasteiger partial charge in [-0.3, -0.25) is 9.69 Å². The summed E-state index contributed by atoms with van der Waals surface area (Å²) in [6.45, 7) is 10.8. The van der Waals surface area contributed by atoms with Crippen molar-refractivity contribution in [3.05, 3.63) is 51.4 Å². The lowest BCUT2D eigenvalue weighted by Gasteiger charge is -2.31. The molecule has 2 aliphatic rings. The van der Waals surface area contributed by atoms with Gasteiger partial charge in [0.15, 0.2) is 0 Å². The van der Waals surface area contributed by atoms with Crippen LogP contribution < -0.4 is 10.6 Å². The number of carbonyl (C=O) groups is 1. The molecule has 2 N–H and O–H groups in total. The molecule has 0 aliphatic carbocycles. The van der Waals surface area contributed by atoms with Gasteiger partial charge in [0.2, 0.25) is 0 Å². The molecule has 1 unspecified atom stereocenters. The summed E-state index contributed by atoms with van der Waals surface area (Å²) >= 11 is 1.76. The summed E-state index contributed by atoms with van der Waals surface area (Å²) in [6, 6.07) is 9.09. The van der Waals surface area contributed by atoms with Crippen molar-refractivity contribution in [3.63, 3.8) is 0 Å². The summed E-state index contributed by atoms with van der Waals surface area (Å²) in [4.78, 5) is 16.7. The van der Waals surface area contributed by atoms with Gasteiger partial charge in [0.05, 0.1) is 5.56 Å². The van der Waals surface area contributed by atoms with E-state index < -0.39 is 0 Å². The van der Waals surface area contributed by atoms with Gasteiger partial charge in [-0.1, -0.05) is 38.1 Å². The van der Waals surface area contributed by atoms with Gasteiger partial charge < -0.3 is 10.6 Å². The van der Waals surface area contributed by atoms with E-state index in [4.69, 9.17) is 0 Å². The monoisotopic (exact) mass is 369 g/mol. The van der Waals surface area contributed by atoms with Crippen LogP contribution in [-0.4, -0.2) is 23.4 Å². The van der Waals surface area contributed by atoms with E-state index in [1.165, 1.54) is 16.0 Å². The molecule has 1 aromatic heterocycles. The molecule has 4 rings (SSSR count). The van der Waals surface area contributed by atoms with Gasteiger partial charge in [-0.15, -0.1) is 11.3 Å². The average molecular weight is 370 g/mol. The van der Waals surface area contributed by atoms with E-state index >= 15 is 0 Å². The van der Waals surface area contributed by atoms with Crippen LogP contribution in [0.4, 0.5) is 5.00 Å². The third-order valence-corrected chi connectivity index (χ3v) is 6.68. The van der Waals surface area contributed by atoms with Crippen LogP contribution >= 0.6 is 11.3 Å². The average Bonchev–Trinajstić information content (AvgIpc) is 2.99. The molecule has 26 heavy (non-hydrogen) atoms. The standard InChI is InChI=1S/C21H27N3OS/c1-12(2)14-5-7-15(8-6-14)19-22-20(25)18-16-9-10-24(13(3)4)11-17(16)26-21(18)23-19/h5-8,12-13,19,23H,9-11H2,1-4H3,(H,22,25). The first-order valence-corrected chi connectivity index (χ1v) is 10.3. The first kappa shape index (κ1) is 17.6. The summed E-state index contributed by atoms with van der Waals surface area (Å²) in [6.07, 6.45) is 0.805. The summed E-state index contributed by atoms with van der Waals surface area (Å²) in [5, 5.41) is 7.74. The van der Waals surface area contributed by atoms with Crippen LogP contribution in [0.15, 0.2) is 24.3 Å². The molecule has 4 nitrogen and oxygen atoms in total. The van der Waals surface area contributed by atoms with E-state index in [0.717, 1.165) is 35.6 Å². The zero-order chi connectivity index (χ0) is 18.4. The molecule has 1 atom stereocenters. The molecule has 3 heterocycles. The van der Waals surface area contributed by atoms with E-state index in [9.17, 15) is 4.79 Å². The molecule has 2 aromatic rings. The van der Waals surface area contributed by atoms with Crippen LogP contribution in [-0.2, 0) is 13.0 Å². The molecule has 138 valence electrons. The molecule has 0 fully saturated rings. The Morgan fingerprint density at radius 1 is 1.12 bits per heavy atom. The minimum atomic E-state index is -0.155. The van der Waals surface area contributed by atoms with Crippen molar-refractivity contribution in [2.45, 2.75) is 58.8 Å². The lowest BCUT2D eigenvalue weighted by molar-refractivity contribution is 0.0934. The normalized spacial score (nSPS) is 19.9. The van der Waals surface area contributed by atoms with Crippen molar-refractivity contribution in [1.29, 1.82) is 0 Å². The van der Waals surface area contributed by atoms with E-state index in [2.05, 4.69) is 67.5 Å². The molecular formula is C21H27N3OS. The zero-order valence-corrected chi connectivity index (χ0v) is 16.7. The summed E-state index contributed by atoms with van der Waals surface area (Å²) in [7, 11) is 0. The lowest BCUT2D eigenvalue weighted by Crippen LogP contribution is -2.39. The van der Waals surface area contributed by atoms with Crippen molar-refractivity contribution in [2.75, 3.05) is 11.9 Å². The van der Waals surface area contributed by atoms with Crippen LogP contribution in [0.2, 0.25) is 0 Å². The molecule has 2 aliphatic heterocycles. The van der Waals surface area contributed by atoms with Crippen molar-refractivity contribution in [1.82, 2.24) is 10.2 Å². The van der Waals surface area contributed by atoms with Crippen LogP contribution in [0.1, 0.15) is 71.7 Å². The van der Waals surface area contributed by atoms with Crippen LogP contribution in [0.25, 0.3) is 0 Å². The SMILES string of the molecule is CC(C)c1ccc(C2NC(=O)c3c(sc4c3CCN(C(C)C)C4)N2)cc1. The minimum absolute atomic E-state index is 0.0622. The number of fused-ring (bicyclic) bond motifs is 3. The summed E-state index contributed by atoms with van der Waals surface area (Å²) in [5.74, 6) is 0.574. The Labute approximate surface area is 159 Å². The first-order valence-electron chi connectivity index (χ1n) is 9.50. The Bertz CT molecular complexity index is 823. The van der Waals surface area contributed by atoms with Gasteiger partial charge in [-0.05, 0) is 42.9 Å². The minimum Gasteiger partial charge on any atom is -0.353 e. The molecule has 0 radical (unpaired) electrons. The highest BCUT2D eigenvalue weighted by Gasteiger charge is 2.33. The fourth-order valence-electron chi connectivity index (χ4n) is 3.82. The van der Waals surface area contributed by atoms with Gasteiger partial charge in [0.1, 0.15) is 11.2 Å². The Hall–Kier alpha value is -1.85. The molecule has 0 saturated heterocycles. The second-order valence-electron chi connectivity index (χ2n) is 7.89. The van der Waals surface area contributed by atoms with Gasteiger partial charge in [-0.2, -0.15) is 0 Å². The van der Waals surface area contributed by atoms with Gasteiger partial charge in [-0.25, -0.2) is 0 Å². The second-order valence-corrected chi connectivity index (χ2v) is 9.00. The molecule has 0 saturated carbocycles. The van der Waals surface area contributed by atoms with Crippen molar-refractivity contribution in [2.24, 2.45) is 0 Å². The maximum atomic E-state index is 12.8. The number of nitrogens with zero attached hydrogens (tertiary/aromatic N) is 1. The number of hydrogen-bond donors (Lipinski definition) is 2. The Balaban J connectivity index is 1.60. The maximum absolute atomic E-state index is 12.8. The summed E-state index contributed by atoms with van der Waals surface area (Å²) < 4.78 is 0. The fourth-order valence-corrected chi connectivity index (χ4v) is 5.12. The topological polar surface area (TPSA) is 44.4 Å². The highest BCUT2D eigenvalue weighted by atomic mass is 32.1. The number of thiophene rings is 1. The number of amides is 1. The van der Waals surface area contributed by atoms with Gasteiger partial charge in [0, 0.05) is 24.0 Å². The number of hydrogen-bond acceptors (Lipinski definition) is 4. The van der Waals surface area contributed by atoms with E-state index in [1.54, 1.807) is 11.3 Å². The third-order valence-electron chi connectivity index (χ3n) is 5.53. The fraction of sp³-hybridized carbons (Fsp3) is 0.476. The lowest BCUT2D eigenvalue weighted by atomic mass is 9.98. The number of rotatable bonds is 3. The molecule has 0 bridgehead atoms. The summed E-state index contributed by atoms with van der Waals surface area (Å²) in [5.41, 5.74) is 4.55. The Kier molecular flexibility index (Phi) is 4.53. The zero-order valence-electron chi connectivity index (χ0n) is 15.9. The van der Waals surface area contributed by atoms with Crippen LogP contribution in [0, 0.1) is 0 Å². The van der Waals surface area contributed by atoms with E-state index in [0.29, 0.717) is 12.0 Å². The predicted octanol–water partition coefficient (Wildman–Crippen LogP) is 4.49. The maximum Gasteiger partial charge on any atom is 0.256 e. The first-order chi connectivity index (χ1) is 12.4. The number of nitrogens with one attached hydrogen (secondary N) is 2. The molecule has 1 amide bonds. The van der Waals surface area contributed by atoms with Crippen LogP contribution in [0.5, 0.6) is 0 Å². The molecule has 5 heteroatoms. The second kappa shape index (κ2) is 6.71.